The van der Waals surface area contributed by atoms with Crippen LogP contribution in [0.15, 0.2) is 53.0 Å². The van der Waals surface area contributed by atoms with Gasteiger partial charge in [0.05, 0.1) is 7.11 Å². The van der Waals surface area contributed by atoms with Crippen LogP contribution in [0.25, 0.3) is 0 Å². The van der Waals surface area contributed by atoms with Crippen molar-refractivity contribution >= 4 is 15.9 Å². The lowest BCUT2D eigenvalue weighted by Gasteiger charge is -2.20. The van der Waals surface area contributed by atoms with Crippen LogP contribution in [-0.2, 0) is 6.42 Å². The first-order valence-corrected chi connectivity index (χ1v) is 8.57. The Balaban J connectivity index is 1.59. The van der Waals surface area contributed by atoms with Crippen LogP contribution in [0.3, 0.4) is 0 Å². The summed E-state index contributed by atoms with van der Waals surface area (Å²) in [7, 11) is 1.69. The molecule has 0 amide bonds. The van der Waals surface area contributed by atoms with E-state index in [1.54, 1.807) is 7.11 Å². The van der Waals surface area contributed by atoms with E-state index in [1.165, 1.54) is 5.56 Å². The lowest BCUT2D eigenvalue weighted by Crippen LogP contribution is -2.18. The summed E-state index contributed by atoms with van der Waals surface area (Å²) in [6.07, 6.45) is 5.63. The Morgan fingerprint density at radius 1 is 1.05 bits per heavy atom. The Morgan fingerprint density at radius 3 is 2.50 bits per heavy atom. The molecule has 2 aromatic carbocycles. The topological polar surface area (TPSA) is 18.5 Å². The molecule has 0 unspecified atom stereocenters. The van der Waals surface area contributed by atoms with Crippen LogP contribution in [0.4, 0.5) is 0 Å². The van der Waals surface area contributed by atoms with Crippen molar-refractivity contribution in [3.63, 3.8) is 0 Å². The molecule has 3 heteroatoms. The van der Waals surface area contributed by atoms with E-state index in [4.69, 9.17) is 9.47 Å². The smallest absolute Gasteiger partial charge is 0.163 e. The Hall–Kier alpha value is -1.48. The fraction of sp³-hybridized carbons (Fsp3) is 0.368. The zero-order valence-electron chi connectivity index (χ0n) is 12.8. The monoisotopic (exact) mass is 360 g/mol. The summed E-state index contributed by atoms with van der Waals surface area (Å²) >= 11 is 3.50. The summed E-state index contributed by atoms with van der Waals surface area (Å²) in [6, 6.07) is 16.6. The van der Waals surface area contributed by atoms with Gasteiger partial charge in [-0.2, -0.15) is 0 Å². The number of ether oxygens (including phenoxy) is 2. The number of aryl methyl sites for hydroxylation is 1. The van der Waals surface area contributed by atoms with Crippen molar-refractivity contribution in [1.82, 2.24) is 0 Å². The molecule has 2 aromatic rings. The van der Waals surface area contributed by atoms with Gasteiger partial charge in [0.1, 0.15) is 5.60 Å². The third-order valence-corrected chi connectivity index (χ3v) is 4.69. The fourth-order valence-electron chi connectivity index (χ4n) is 2.77. The number of hydrogen-bond acceptors (Lipinski definition) is 2. The van der Waals surface area contributed by atoms with Gasteiger partial charge in [0.15, 0.2) is 11.5 Å². The number of halogens is 1. The molecular formula is C19H21BrO2. The van der Waals surface area contributed by atoms with Crippen molar-refractivity contribution in [3.05, 3.63) is 58.6 Å². The van der Waals surface area contributed by atoms with Crippen molar-refractivity contribution in [3.8, 4) is 11.5 Å². The first-order valence-electron chi connectivity index (χ1n) is 7.77. The van der Waals surface area contributed by atoms with E-state index in [-0.39, 0.29) is 5.60 Å². The predicted molar refractivity (Wildman–Crippen MR) is 92.7 cm³/mol. The van der Waals surface area contributed by atoms with Crippen LogP contribution in [0.5, 0.6) is 11.5 Å². The van der Waals surface area contributed by atoms with Crippen LogP contribution in [0.1, 0.15) is 31.2 Å². The second-order valence-corrected chi connectivity index (χ2v) is 6.84. The molecule has 0 aromatic heterocycles. The van der Waals surface area contributed by atoms with Crippen LogP contribution < -0.4 is 9.47 Å². The zero-order valence-corrected chi connectivity index (χ0v) is 14.4. The molecule has 22 heavy (non-hydrogen) atoms. The summed E-state index contributed by atoms with van der Waals surface area (Å²) in [6.45, 7) is 0. The zero-order chi connectivity index (χ0) is 15.4. The number of hydrogen-bond donors (Lipinski definition) is 0. The van der Waals surface area contributed by atoms with Crippen molar-refractivity contribution in [2.24, 2.45) is 0 Å². The fourth-order valence-corrected chi connectivity index (χ4v) is 3.11. The summed E-state index contributed by atoms with van der Waals surface area (Å²) in [4.78, 5) is 0. The molecule has 0 saturated heterocycles. The van der Waals surface area contributed by atoms with Crippen molar-refractivity contribution in [2.75, 3.05) is 7.11 Å². The molecule has 2 nitrogen and oxygen atoms in total. The van der Waals surface area contributed by atoms with Gasteiger partial charge in [-0.15, -0.1) is 0 Å². The SMILES string of the molecule is COc1ccc(Br)cc1OC1(CCCc2ccccc2)CC1. The lowest BCUT2D eigenvalue weighted by atomic mass is 10.0. The highest BCUT2D eigenvalue weighted by Gasteiger charge is 2.45. The third-order valence-electron chi connectivity index (χ3n) is 4.20. The highest BCUT2D eigenvalue weighted by molar-refractivity contribution is 9.10. The van der Waals surface area contributed by atoms with Gasteiger partial charge in [0.2, 0.25) is 0 Å². The maximum atomic E-state index is 6.30. The van der Waals surface area contributed by atoms with Gasteiger partial charge in [0, 0.05) is 4.47 Å². The second-order valence-electron chi connectivity index (χ2n) is 5.92. The average molecular weight is 361 g/mol. The molecule has 0 atom stereocenters. The molecule has 1 saturated carbocycles. The standard InChI is InChI=1S/C19H21BrO2/c1-21-17-10-9-16(20)14-18(17)22-19(12-13-19)11-5-8-15-6-3-2-4-7-15/h2-4,6-7,9-10,14H,5,8,11-13H2,1H3. The van der Waals surface area contributed by atoms with Crippen LogP contribution in [0.2, 0.25) is 0 Å². The van der Waals surface area contributed by atoms with E-state index in [9.17, 15) is 0 Å². The normalized spacial score (nSPS) is 15.4. The molecule has 1 fully saturated rings. The van der Waals surface area contributed by atoms with Gasteiger partial charge in [-0.1, -0.05) is 46.3 Å². The number of methoxy groups -OCH3 is 1. The van der Waals surface area contributed by atoms with Crippen LogP contribution in [0, 0.1) is 0 Å². The van der Waals surface area contributed by atoms with Crippen LogP contribution >= 0.6 is 15.9 Å². The highest BCUT2D eigenvalue weighted by atomic mass is 79.9. The molecule has 0 N–H and O–H groups in total. The minimum atomic E-state index is 0.0167. The van der Waals surface area contributed by atoms with E-state index < -0.39 is 0 Å². The Morgan fingerprint density at radius 2 is 1.82 bits per heavy atom. The first-order chi connectivity index (χ1) is 10.7. The van der Waals surface area contributed by atoms with Gasteiger partial charge >= 0.3 is 0 Å². The van der Waals surface area contributed by atoms with Crippen molar-refractivity contribution < 1.29 is 9.47 Å². The van der Waals surface area contributed by atoms with Gasteiger partial charge in [-0.05, 0) is 55.9 Å². The maximum Gasteiger partial charge on any atom is 0.163 e. The molecule has 0 spiro atoms. The number of benzene rings is 2. The largest absolute Gasteiger partial charge is 0.493 e. The van der Waals surface area contributed by atoms with E-state index in [0.29, 0.717) is 0 Å². The molecule has 0 heterocycles. The summed E-state index contributed by atoms with van der Waals surface area (Å²) in [5, 5.41) is 0. The maximum absolute atomic E-state index is 6.30. The van der Waals surface area contributed by atoms with E-state index in [0.717, 1.165) is 48.1 Å². The Labute approximate surface area is 140 Å². The highest BCUT2D eigenvalue weighted by Crippen LogP contribution is 2.46. The molecular weight excluding hydrogens is 340 g/mol. The second kappa shape index (κ2) is 6.74. The Kier molecular flexibility index (Phi) is 4.72. The quantitative estimate of drug-likeness (QED) is 0.658. The summed E-state index contributed by atoms with van der Waals surface area (Å²) in [5.41, 5.74) is 1.42. The summed E-state index contributed by atoms with van der Waals surface area (Å²) in [5.74, 6) is 1.65. The number of rotatable bonds is 7. The van der Waals surface area contributed by atoms with Gasteiger partial charge in [0.25, 0.3) is 0 Å². The van der Waals surface area contributed by atoms with Crippen molar-refractivity contribution in [1.29, 1.82) is 0 Å². The van der Waals surface area contributed by atoms with Gasteiger partial charge in [-0.25, -0.2) is 0 Å². The first kappa shape index (κ1) is 15.4. The van der Waals surface area contributed by atoms with E-state index in [1.807, 2.05) is 18.2 Å². The summed E-state index contributed by atoms with van der Waals surface area (Å²) < 4.78 is 12.7. The molecule has 0 radical (unpaired) electrons. The minimum Gasteiger partial charge on any atom is -0.493 e. The molecule has 3 rings (SSSR count). The van der Waals surface area contributed by atoms with Crippen molar-refractivity contribution in [2.45, 2.75) is 37.7 Å². The van der Waals surface area contributed by atoms with Gasteiger partial charge < -0.3 is 9.47 Å². The van der Waals surface area contributed by atoms with Gasteiger partial charge in [-0.3, -0.25) is 0 Å². The molecule has 0 bridgehead atoms. The molecule has 0 aliphatic heterocycles. The molecule has 1 aliphatic carbocycles. The predicted octanol–water partition coefficient (Wildman–Crippen LogP) is 5.39. The average Bonchev–Trinajstić information content (AvgIpc) is 3.28. The molecule has 116 valence electrons. The minimum absolute atomic E-state index is 0.0167. The van der Waals surface area contributed by atoms with E-state index in [2.05, 4.69) is 46.3 Å². The molecule has 1 aliphatic rings. The Bertz CT molecular complexity index is 621. The lowest BCUT2D eigenvalue weighted by molar-refractivity contribution is 0.158. The van der Waals surface area contributed by atoms with Crippen LogP contribution in [-0.4, -0.2) is 12.7 Å². The van der Waals surface area contributed by atoms with E-state index >= 15 is 0 Å². The third kappa shape index (κ3) is 3.83.